The lowest BCUT2D eigenvalue weighted by Crippen LogP contribution is -2.43. The van der Waals surface area contributed by atoms with E-state index in [0.717, 1.165) is 31.4 Å². The monoisotopic (exact) mass is 292 g/mol. The standard InChI is InChI=1S/C15H24N4O2/c20-14(10-19-9-13(17-18-19)12-5-6-12)16-11-15(21)7-3-1-2-4-8-15/h9,12,21H,1-8,10-11H2,(H,16,20). The minimum Gasteiger partial charge on any atom is -0.388 e. The van der Waals surface area contributed by atoms with Gasteiger partial charge in [0.1, 0.15) is 6.54 Å². The second-order valence-corrected chi connectivity index (χ2v) is 6.53. The van der Waals surface area contributed by atoms with Gasteiger partial charge >= 0.3 is 0 Å². The van der Waals surface area contributed by atoms with E-state index in [1.165, 1.54) is 25.7 Å². The minimum absolute atomic E-state index is 0.111. The van der Waals surface area contributed by atoms with Crippen LogP contribution in [0, 0.1) is 0 Å². The molecule has 0 saturated heterocycles. The maximum atomic E-state index is 12.0. The van der Waals surface area contributed by atoms with Gasteiger partial charge in [0.25, 0.3) is 0 Å². The molecular formula is C15H24N4O2. The quantitative estimate of drug-likeness (QED) is 0.803. The third-order valence-electron chi connectivity index (χ3n) is 4.51. The zero-order valence-electron chi connectivity index (χ0n) is 12.4. The first kappa shape index (κ1) is 14.5. The molecule has 2 aliphatic rings. The molecule has 0 atom stereocenters. The molecule has 1 amide bonds. The molecule has 1 aromatic rings. The Labute approximate surface area is 124 Å². The number of nitrogens with zero attached hydrogens (tertiary/aromatic N) is 3. The van der Waals surface area contributed by atoms with Crippen LogP contribution in [0.4, 0.5) is 0 Å². The number of aromatic nitrogens is 3. The summed E-state index contributed by atoms with van der Waals surface area (Å²) < 4.78 is 1.58. The molecule has 2 N–H and O–H groups in total. The third kappa shape index (κ3) is 4.03. The Morgan fingerprint density at radius 1 is 1.33 bits per heavy atom. The van der Waals surface area contributed by atoms with Crippen molar-refractivity contribution in [3.05, 3.63) is 11.9 Å². The van der Waals surface area contributed by atoms with E-state index in [1.807, 2.05) is 6.20 Å². The lowest BCUT2D eigenvalue weighted by Gasteiger charge is -2.26. The van der Waals surface area contributed by atoms with Gasteiger partial charge in [0.2, 0.25) is 5.91 Å². The molecule has 3 rings (SSSR count). The molecular weight excluding hydrogens is 268 g/mol. The zero-order chi connectivity index (χ0) is 14.7. The normalized spacial score (nSPS) is 21.8. The molecule has 0 spiro atoms. The molecule has 1 heterocycles. The van der Waals surface area contributed by atoms with Crippen LogP contribution in [-0.4, -0.2) is 38.2 Å². The van der Waals surface area contributed by atoms with Crippen molar-refractivity contribution < 1.29 is 9.90 Å². The molecule has 116 valence electrons. The molecule has 0 aliphatic heterocycles. The van der Waals surface area contributed by atoms with Gasteiger partial charge in [-0.1, -0.05) is 30.9 Å². The number of rotatable bonds is 5. The number of hydrogen-bond acceptors (Lipinski definition) is 4. The van der Waals surface area contributed by atoms with Crippen LogP contribution >= 0.6 is 0 Å². The van der Waals surface area contributed by atoms with Crippen LogP contribution in [0.3, 0.4) is 0 Å². The van der Waals surface area contributed by atoms with E-state index in [1.54, 1.807) is 4.68 Å². The fourth-order valence-corrected chi connectivity index (χ4v) is 2.99. The summed E-state index contributed by atoms with van der Waals surface area (Å²) in [7, 11) is 0. The highest BCUT2D eigenvalue weighted by Gasteiger charge is 2.29. The third-order valence-corrected chi connectivity index (χ3v) is 4.51. The van der Waals surface area contributed by atoms with Gasteiger partial charge in [-0.3, -0.25) is 4.79 Å². The summed E-state index contributed by atoms with van der Waals surface area (Å²) in [6.45, 7) is 0.520. The van der Waals surface area contributed by atoms with Crippen molar-refractivity contribution in [2.24, 2.45) is 0 Å². The Morgan fingerprint density at radius 2 is 2.05 bits per heavy atom. The highest BCUT2D eigenvalue weighted by molar-refractivity contribution is 5.75. The van der Waals surface area contributed by atoms with E-state index in [0.29, 0.717) is 12.5 Å². The molecule has 2 saturated carbocycles. The first-order valence-corrected chi connectivity index (χ1v) is 8.04. The van der Waals surface area contributed by atoms with Crippen molar-refractivity contribution in [3.63, 3.8) is 0 Å². The zero-order valence-corrected chi connectivity index (χ0v) is 12.4. The largest absolute Gasteiger partial charge is 0.388 e. The Kier molecular flexibility index (Phi) is 4.24. The van der Waals surface area contributed by atoms with Gasteiger partial charge in [-0.25, -0.2) is 4.68 Å². The average Bonchev–Trinajstić information content (AvgIpc) is 3.24. The molecule has 1 aromatic heterocycles. The SMILES string of the molecule is O=C(Cn1cc(C2CC2)nn1)NCC1(O)CCCCCC1. The Bertz CT molecular complexity index is 488. The van der Waals surface area contributed by atoms with Gasteiger partial charge in [-0.2, -0.15) is 0 Å². The lowest BCUT2D eigenvalue weighted by atomic mass is 9.94. The molecule has 0 aromatic carbocycles. The van der Waals surface area contributed by atoms with Gasteiger partial charge in [-0.15, -0.1) is 5.10 Å². The van der Waals surface area contributed by atoms with E-state index in [-0.39, 0.29) is 12.5 Å². The van der Waals surface area contributed by atoms with Crippen LogP contribution < -0.4 is 5.32 Å². The molecule has 21 heavy (non-hydrogen) atoms. The van der Waals surface area contributed by atoms with Crippen LogP contribution in [0.15, 0.2) is 6.20 Å². The van der Waals surface area contributed by atoms with Crippen LogP contribution in [0.1, 0.15) is 63.0 Å². The van der Waals surface area contributed by atoms with Crippen molar-refractivity contribution >= 4 is 5.91 Å². The van der Waals surface area contributed by atoms with Crippen LogP contribution in [0.25, 0.3) is 0 Å². The fraction of sp³-hybridized carbons (Fsp3) is 0.800. The number of carbonyl (C=O) groups is 1. The van der Waals surface area contributed by atoms with Gasteiger partial charge in [-0.05, 0) is 25.7 Å². The van der Waals surface area contributed by atoms with Crippen molar-refractivity contribution in [3.8, 4) is 0 Å². The number of amides is 1. The summed E-state index contributed by atoms with van der Waals surface area (Å²) in [6.07, 6.45) is 10.2. The van der Waals surface area contributed by atoms with Gasteiger partial charge in [0, 0.05) is 18.7 Å². The Hall–Kier alpha value is -1.43. The summed E-state index contributed by atoms with van der Waals surface area (Å²) in [4.78, 5) is 12.0. The molecule has 6 heteroatoms. The highest BCUT2D eigenvalue weighted by atomic mass is 16.3. The predicted molar refractivity (Wildman–Crippen MR) is 77.7 cm³/mol. The van der Waals surface area contributed by atoms with Crippen LogP contribution in [0.5, 0.6) is 0 Å². The van der Waals surface area contributed by atoms with E-state index in [2.05, 4.69) is 15.6 Å². The summed E-state index contributed by atoms with van der Waals surface area (Å²) in [5.74, 6) is 0.438. The molecule has 0 bridgehead atoms. The van der Waals surface area contributed by atoms with Gasteiger partial charge < -0.3 is 10.4 Å². The number of carbonyl (C=O) groups excluding carboxylic acids is 1. The van der Waals surface area contributed by atoms with E-state index in [4.69, 9.17) is 0 Å². The first-order chi connectivity index (χ1) is 10.1. The van der Waals surface area contributed by atoms with Crippen molar-refractivity contribution in [2.45, 2.75) is 69.4 Å². The molecule has 0 radical (unpaired) electrons. The molecule has 0 unspecified atom stereocenters. The fourth-order valence-electron chi connectivity index (χ4n) is 2.99. The summed E-state index contributed by atoms with van der Waals surface area (Å²) in [5.41, 5.74) is 0.262. The summed E-state index contributed by atoms with van der Waals surface area (Å²) in [6, 6.07) is 0. The summed E-state index contributed by atoms with van der Waals surface area (Å²) >= 11 is 0. The maximum absolute atomic E-state index is 12.0. The first-order valence-electron chi connectivity index (χ1n) is 8.04. The number of hydrogen-bond donors (Lipinski definition) is 2. The number of aliphatic hydroxyl groups is 1. The van der Waals surface area contributed by atoms with E-state index < -0.39 is 5.60 Å². The Morgan fingerprint density at radius 3 is 2.71 bits per heavy atom. The predicted octanol–water partition coefficient (Wildman–Crippen LogP) is 1.36. The van der Waals surface area contributed by atoms with E-state index >= 15 is 0 Å². The van der Waals surface area contributed by atoms with Crippen molar-refractivity contribution in [1.82, 2.24) is 20.3 Å². The summed E-state index contributed by atoms with van der Waals surface area (Å²) in [5, 5.41) is 21.4. The molecule has 2 aliphatic carbocycles. The molecule has 2 fully saturated rings. The highest BCUT2D eigenvalue weighted by Crippen LogP contribution is 2.38. The van der Waals surface area contributed by atoms with Gasteiger partial charge in [0.15, 0.2) is 0 Å². The van der Waals surface area contributed by atoms with Gasteiger partial charge in [0.05, 0.1) is 11.3 Å². The second kappa shape index (κ2) is 6.13. The average molecular weight is 292 g/mol. The molecule has 6 nitrogen and oxygen atoms in total. The van der Waals surface area contributed by atoms with E-state index in [9.17, 15) is 9.90 Å². The smallest absolute Gasteiger partial charge is 0.241 e. The second-order valence-electron chi connectivity index (χ2n) is 6.53. The lowest BCUT2D eigenvalue weighted by molar-refractivity contribution is -0.123. The number of nitrogens with one attached hydrogen (secondary N) is 1. The Balaban J connectivity index is 1.46. The minimum atomic E-state index is -0.728. The van der Waals surface area contributed by atoms with Crippen LogP contribution in [-0.2, 0) is 11.3 Å². The van der Waals surface area contributed by atoms with Crippen molar-refractivity contribution in [1.29, 1.82) is 0 Å². The topological polar surface area (TPSA) is 80.0 Å². The van der Waals surface area contributed by atoms with Crippen LogP contribution in [0.2, 0.25) is 0 Å². The maximum Gasteiger partial charge on any atom is 0.241 e. The van der Waals surface area contributed by atoms with Crippen molar-refractivity contribution in [2.75, 3.05) is 6.54 Å².